The number of amides is 2. The van der Waals surface area contributed by atoms with Gasteiger partial charge in [0.25, 0.3) is 0 Å². The van der Waals surface area contributed by atoms with Crippen LogP contribution < -0.4 is 0 Å². The average Bonchev–Trinajstić information content (AvgIpc) is 3.00. The molecule has 0 spiro atoms. The van der Waals surface area contributed by atoms with E-state index in [1.807, 2.05) is 9.80 Å². The van der Waals surface area contributed by atoms with Gasteiger partial charge in [-0.25, -0.2) is 0 Å². The Bertz CT molecular complexity index is 390. The largest absolute Gasteiger partial charge is 0.340 e. The minimum absolute atomic E-state index is 0.146. The molecule has 1 unspecified atom stereocenters. The van der Waals surface area contributed by atoms with Gasteiger partial charge in [0.15, 0.2) is 0 Å². The summed E-state index contributed by atoms with van der Waals surface area (Å²) in [6.07, 6.45) is 7.29. The summed E-state index contributed by atoms with van der Waals surface area (Å²) in [7, 11) is 0. The van der Waals surface area contributed by atoms with Crippen molar-refractivity contribution in [3.8, 4) is 0 Å². The highest BCUT2D eigenvalue weighted by Gasteiger charge is 2.46. The molecule has 4 heteroatoms. The number of rotatable bonds is 4. The van der Waals surface area contributed by atoms with Crippen molar-refractivity contribution in [2.24, 2.45) is 5.41 Å². The summed E-state index contributed by atoms with van der Waals surface area (Å²) in [6.45, 7) is 4.52. The molecule has 1 aliphatic carbocycles. The molecule has 0 aromatic heterocycles. The first-order valence-electron chi connectivity index (χ1n) is 7.73. The topological polar surface area (TPSA) is 40.6 Å². The Hall–Kier alpha value is -1.06. The molecule has 2 saturated heterocycles. The van der Waals surface area contributed by atoms with Gasteiger partial charge in [0.1, 0.15) is 6.04 Å². The SMILES string of the molecule is CCCC1(CN2CCC(=O)N3CCCC3C2=O)CC1. The molecule has 2 aliphatic heterocycles. The molecular weight excluding hydrogens is 240 g/mol. The van der Waals surface area contributed by atoms with Gasteiger partial charge in [-0.15, -0.1) is 0 Å². The molecule has 106 valence electrons. The van der Waals surface area contributed by atoms with Crippen LogP contribution in [0.1, 0.15) is 51.9 Å². The molecular formula is C15H24N2O2. The number of nitrogens with zero attached hydrogens (tertiary/aromatic N) is 2. The molecule has 0 aromatic carbocycles. The molecule has 1 atom stereocenters. The number of hydrogen-bond donors (Lipinski definition) is 0. The smallest absolute Gasteiger partial charge is 0.245 e. The minimum Gasteiger partial charge on any atom is -0.340 e. The predicted octanol–water partition coefficient (Wildman–Crippen LogP) is 1.79. The van der Waals surface area contributed by atoms with Gasteiger partial charge in [-0.2, -0.15) is 0 Å². The molecule has 3 fully saturated rings. The third kappa shape index (κ3) is 2.37. The van der Waals surface area contributed by atoms with E-state index in [0.29, 0.717) is 18.4 Å². The summed E-state index contributed by atoms with van der Waals surface area (Å²) >= 11 is 0. The van der Waals surface area contributed by atoms with E-state index in [2.05, 4.69) is 6.92 Å². The fourth-order valence-electron chi connectivity index (χ4n) is 3.77. The molecule has 1 saturated carbocycles. The number of hydrogen-bond acceptors (Lipinski definition) is 2. The van der Waals surface area contributed by atoms with Crippen LogP contribution in [-0.2, 0) is 9.59 Å². The number of fused-ring (bicyclic) bond motifs is 1. The molecule has 0 N–H and O–H groups in total. The Morgan fingerprint density at radius 3 is 2.74 bits per heavy atom. The maximum atomic E-state index is 12.6. The normalized spacial score (nSPS) is 29.4. The first-order chi connectivity index (χ1) is 9.15. The maximum Gasteiger partial charge on any atom is 0.245 e. The second kappa shape index (κ2) is 4.80. The van der Waals surface area contributed by atoms with Gasteiger partial charge in [-0.05, 0) is 37.5 Å². The molecule has 19 heavy (non-hydrogen) atoms. The highest BCUT2D eigenvalue weighted by atomic mass is 16.2. The summed E-state index contributed by atoms with van der Waals surface area (Å²) in [5.41, 5.74) is 0.390. The Morgan fingerprint density at radius 2 is 2.05 bits per heavy atom. The van der Waals surface area contributed by atoms with Crippen molar-refractivity contribution in [2.45, 2.75) is 57.9 Å². The number of carbonyl (C=O) groups excluding carboxylic acids is 2. The van der Waals surface area contributed by atoms with Gasteiger partial charge < -0.3 is 9.80 Å². The zero-order valence-electron chi connectivity index (χ0n) is 11.9. The summed E-state index contributed by atoms with van der Waals surface area (Å²) in [4.78, 5) is 28.5. The fourth-order valence-corrected chi connectivity index (χ4v) is 3.77. The van der Waals surface area contributed by atoms with Crippen LogP contribution in [0.3, 0.4) is 0 Å². The van der Waals surface area contributed by atoms with Crippen molar-refractivity contribution in [2.75, 3.05) is 19.6 Å². The molecule has 0 bridgehead atoms. The average molecular weight is 264 g/mol. The van der Waals surface area contributed by atoms with Crippen molar-refractivity contribution in [3.63, 3.8) is 0 Å². The van der Waals surface area contributed by atoms with Crippen molar-refractivity contribution >= 4 is 11.8 Å². The van der Waals surface area contributed by atoms with E-state index in [-0.39, 0.29) is 17.9 Å². The van der Waals surface area contributed by atoms with Crippen LogP contribution in [-0.4, -0.2) is 47.3 Å². The van der Waals surface area contributed by atoms with Crippen LogP contribution in [0.2, 0.25) is 0 Å². The van der Waals surface area contributed by atoms with E-state index in [1.54, 1.807) is 0 Å². The Labute approximate surface area is 115 Å². The van der Waals surface area contributed by atoms with Crippen molar-refractivity contribution in [1.82, 2.24) is 9.80 Å². The Kier molecular flexibility index (Phi) is 3.27. The zero-order chi connectivity index (χ0) is 13.5. The van der Waals surface area contributed by atoms with Crippen LogP contribution in [0.15, 0.2) is 0 Å². The van der Waals surface area contributed by atoms with Gasteiger partial charge in [0.05, 0.1) is 0 Å². The predicted molar refractivity (Wildman–Crippen MR) is 72.5 cm³/mol. The maximum absolute atomic E-state index is 12.6. The van der Waals surface area contributed by atoms with E-state index in [4.69, 9.17) is 0 Å². The van der Waals surface area contributed by atoms with Crippen LogP contribution in [0.5, 0.6) is 0 Å². The molecule has 2 amide bonds. The Morgan fingerprint density at radius 1 is 1.26 bits per heavy atom. The second-order valence-electron chi connectivity index (χ2n) is 6.50. The molecule has 0 aromatic rings. The molecule has 3 rings (SSSR count). The first kappa shape index (κ1) is 12.9. The highest BCUT2D eigenvalue weighted by Crippen LogP contribution is 2.50. The van der Waals surface area contributed by atoms with E-state index < -0.39 is 0 Å². The summed E-state index contributed by atoms with van der Waals surface area (Å²) in [5, 5.41) is 0. The quantitative estimate of drug-likeness (QED) is 0.776. The van der Waals surface area contributed by atoms with Crippen LogP contribution >= 0.6 is 0 Å². The third-order valence-corrected chi connectivity index (χ3v) is 5.03. The van der Waals surface area contributed by atoms with Crippen molar-refractivity contribution < 1.29 is 9.59 Å². The van der Waals surface area contributed by atoms with E-state index in [0.717, 1.165) is 25.9 Å². The van der Waals surface area contributed by atoms with Gasteiger partial charge >= 0.3 is 0 Å². The fraction of sp³-hybridized carbons (Fsp3) is 0.867. The van der Waals surface area contributed by atoms with Crippen LogP contribution in [0.4, 0.5) is 0 Å². The van der Waals surface area contributed by atoms with Crippen molar-refractivity contribution in [1.29, 1.82) is 0 Å². The third-order valence-electron chi connectivity index (χ3n) is 5.03. The lowest BCUT2D eigenvalue weighted by molar-refractivity contribution is -0.139. The lowest BCUT2D eigenvalue weighted by atomic mass is 9.99. The first-order valence-corrected chi connectivity index (χ1v) is 7.73. The minimum atomic E-state index is -0.146. The molecule has 3 aliphatic rings. The zero-order valence-corrected chi connectivity index (χ0v) is 11.9. The molecule has 4 nitrogen and oxygen atoms in total. The van der Waals surface area contributed by atoms with Crippen molar-refractivity contribution in [3.05, 3.63) is 0 Å². The lowest BCUT2D eigenvalue weighted by Crippen LogP contribution is -2.45. The van der Waals surface area contributed by atoms with E-state index in [9.17, 15) is 9.59 Å². The Balaban J connectivity index is 1.71. The van der Waals surface area contributed by atoms with Gasteiger partial charge in [-0.3, -0.25) is 9.59 Å². The standard InChI is InChI=1S/C15H24N2O2/c1-2-6-15(7-8-15)11-16-10-5-13(18)17-9-3-4-12(17)14(16)19/h12H,2-11H2,1H3. The van der Waals surface area contributed by atoms with Gasteiger partial charge in [0, 0.05) is 26.1 Å². The van der Waals surface area contributed by atoms with E-state index in [1.165, 1.54) is 25.7 Å². The molecule has 0 radical (unpaired) electrons. The lowest BCUT2D eigenvalue weighted by Gasteiger charge is -2.28. The second-order valence-corrected chi connectivity index (χ2v) is 6.50. The summed E-state index contributed by atoms with van der Waals surface area (Å²) in [5.74, 6) is 0.393. The number of carbonyl (C=O) groups is 2. The van der Waals surface area contributed by atoms with E-state index >= 15 is 0 Å². The van der Waals surface area contributed by atoms with Gasteiger partial charge in [-0.1, -0.05) is 13.3 Å². The van der Waals surface area contributed by atoms with Crippen LogP contribution in [0.25, 0.3) is 0 Å². The summed E-state index contributed by atoms with van der Waals surface area (Å²) < 4.78 is 0. The van der Waals surface area contributed by atoms with Crippen LogP contribution in [0, 0.1) is 5.41 Å². The highest BCUT2D eigenvalue weighted by molar-refractivity contribution is 5.90. The summed E-state index contributed by atoms with van der Waals surface area (Å²) in [6, 6.07) is -0.146. The molecule has 2 heterocycles. The van der Waals surface area contributed by atoms with Gasteiger partial charge in [0.2, 0.25) is 11.8 Å². The monoisotopic (exact) mass is 264 g/mol.